The topological polar surface area (TPSA) is 52.6 Å². The van der Waals surface area contributed by atoms with Crippen molar-refractivity contribution in [2.45, 2.75) is 161 Å². The Morgan fingerprint density at radius 2 is 1.15 bits per heavy atom. The van der Waals surface area contributed by atoms with E-state index in [4.69, 9.17) is 9.47 Å². The van der Waals surface area contributed by atoms with E-state index in [9.17, 15) is 9.59 Å². The molecular formula is C36H60O4. The third-order valence-electron chi connectivity index (χ3n) is 12.7. The predicted octanol–water partition coefficient (Wildman–Crippen LogP) is 9.43. The second-order valence-corrected chi connectivity index (χ2v) is 15.2. The van der Waals surface area contributed by atoms with Crippen LogP contribution in [0.5, 0.6) is 0 Å². The Labute approximate surface area is 245 Å². The Balaban J connectivity index is 1.06. The van der Waals surface area contributed by atoms with Gasteiger partial charge in [0.25, 0.3) is 0 Å². The molecule has 5 rings (SSSR count). The zero-order valence-electron chi connectivity index (χ0n) is 26.0. The number of ether oxygens (including phenoxy) is 2. The molecular weight excluding hydrogens is 496 g/mol. The highest BCUT2D eigenvalue weighted by molar-refractivity contribution is 5.78. The molecule has 0 spiro atoms. The number of hydrogen-bond donors (Lipinski definition) is 0. The standard InChI is InChI=1S/C36H60O4/c1-3-27-9-13-29(14-10-27)30-15-17-32(18-16-30)34(37)39-25-36(23-5-4-6-24-36)35(38)40-33-21-19-31(20-22-33)28-11-7-26(2)8-12-28/h26-33H,3-25H2,1-2H3. The third-order valence-corrected chi connectivity index (χ3v) is 12.7. The molecule has 0 unspecified atom stereocenters. The second kappa shape index (κ2) is 14.4. The number of hydrogen-bond acceptors (Lipinski definition) is 4. The lowest BCUT2D eigenvalue weighted by Gasteiger charge is -2.39. The first-order chi connectivity index (χ1) is 19.5. The lowest BCUT2D eigenvalue weighted by molar-refractivity contribution is -0.174. The first kappa shape index (κ1) is 30.4. The smallest absolute Gasteiger partial charge is 0.315 e. The number of carbonyl (C=O) groups excluding carboxylic acids is 2. The quantitative estimate of drug-likeness (QED) is 0.279. The molecule has 5 fully saturated rings. The van der Waals surface area contributed by atoms with E-state index in [1.54, 1.807) is 0 Å². The fourth-order valence-electron chi connectivity index (χ4n) is 9.57. The van der Waals surface area contributed by atoms with Crippen LogP contribution in [0.4, 0.5) is 0 Å². The van der Waals surface area contributed by atoms with Crippen LogP contribution in [0.25, 0.3) is 0 Å². The fraction of sp³-hybridized carbons (Fsp3) is 0.944. The van der Waals surface area contributed by atoms with Gasteiger partial charge >= 0.3 is 11.9 Å². The Morgan fingerprint density at radius 3 is 1.70 bits per heavy atom. The highest BCUT2D eigenvalue weighted by Gasteiger charge is 2.44. The fourth-order valence-corrected chi connectivity index (χ4v) is 9.57. The van der Waals surface area contributed by atoms with Crippen molar-refractivity contribution in [1.29, 1.82) is 0 Å². The molecule has 0 heterocycles. The lowest BCUT2D eigenvalue weighted by Crippen LogP contribution is -2.43. The van der Waals surface area contributed by atoms with E-state index in [1.807, 2.05) is 0 Å². The monoisotopic (exact) mass is 556 g/mol. The minimum Gasteiger partial charge on any atom is -0.464 e. The summed E-state index contributed by atoms with van der Waals surface area (Å²) in [5.41, 5.74) is -0.612. The zero-order chi connectivity index (χ0) is 28.0. The summed E-state index contributed by atoms with van der Waals surface area (Å²) in [6.07, 6.45) is 26.2. The first-order valence-corrected chi connectivity index (χ1v) is 17.8. The molecule has 0 radical (unpaired) electrons. The Hall–Kier alpha value is -1.06. The van der Waals surface area contributed by atoms with Crippen LogP contribution in [-0.4, -0.2) is 24.6 Å². The van der Waals surface area contributed by atoms with Gasteiger partial charge in [-0.15, -0.1) is 0 Å². The van der Waals surface area contributed by atoms with Gasteiger partial charge in [-0.1, -0.05) is 65.2 Å². The van der Waals surface area contributed by atoms with E-state index in [-0.39, 0.29) is 30.6 Å². The maximum atomic E-state index is 13.6. The molecule has 5 aliphatic rings. The molecule has 0 bridgehead atoms. The van der Waals surface area contributed by atoms with E-state index in [0.717, 1.165) is 93.3 Å². The summed E-state index contributed by atoms with van der Waals surface area (Å²) >= 11 is 0. The van der Waals surface area contributed by atoms with Crippen LogP contribution in [0.15, 0.2) is 0 Å². The minimum absolute atomic E-state index is 0.0259. The van der Waals surface area contributed by atoms with Crippen LogP contribution in [0.1, 0.15) is 155 Å². The van der Waals surface area contributed by atoms with E-state index in [1.165, 1.54) is 83.5 Å². The van der Waals surface area contributed by atoms with Crippen LogP contribution >= 0.6 is 0 Å². The van der Waals surface area contributed by atoms with Crippen molar-refractivity contribution in [1.82, 2.24) is 0 Å². The lowest BCUT2D eigenvalue weighted by atomic mass is 9.69. The molecule has 4 nitrogen and oxygen atoms in total. The van der Waals surface area contributed by atoms with Gasteiger partial charge in [-0.3, -0.25) is 9.59 Å². The normalized spacial score (nSPS) is 38.8. The molecule has 0 aromatic carbocycles. The molecule has 0 aliphatic heterocycles. The molecule has 0 amide bonds. The molecule has 0 aromatic heterocycles. The maximum absolute atomic E-state index is 13.6. The largest absolute Gasteiger partial charge is 0.464 e. The number of carbonyl (C=O) groups is 2. The summed E-state index contributed by atoms with van der Waals surface area (Å²) in [6, 6.07) is 0. The van der Waals surface area contributed by atoms with Crippen LogP contribution in [0.3, 0.4) is 0 Å². The van der Waals surface area contributed by atoms with Crippen LogP contribution in [-0.2, 0) is 19.1 Å². The van der Waals surface area contributed by atoms with Crippen molar-refractivity contribution < 1.29 is 19.1 Å². The molecule has 40 heavy (non-hydrogen) atoms. The number of rotatable bonds is 8. The highest BCUT2D eigenvalue weighted by Crippen LogP contribution is 2.44. The van der Waals surface area contributed by atoms with E-state index < -0.39 is 5.41 Å². The third kappa shape index (κ3) is 7.66. The molecule has 5 aliphatic carbocycles. The van der Waals surface area contributed by atoms with Gasteiger partial charge in [-0.2, -0.15) is 0 Å². The van der Waals surface area contributed by atoms with Gasteiger partial charge in [-0.05, 0) is 125 Å². The van der Waals surface area contributed by atoms with Crippen LogP contribution in [0, 0.1) is 46.8 Å². The SMILES string of the molecule is CCC1CCC(C2CCC(C(=O)OCC3(C(=O)OC4CCC(C5CCC(C)CC5)CC4)CCCCC3)CC2)CC1. The average molecular weight is 557 g/mol. The van der Waals surface area contributed by atoms with Crippen molar-refractivity contribution in [3.05, 3.63) is 0 Å². The van der Waals surface area contributed by atoms with E-state index >= 15 is 0 Å². The van der Waals surface area contributed by atoms with Crippen LogP contribution < -0.4 is 0 Å². The van der Waals surface area contributed by atoms with Gasteiger partial charge in [0.1, 0.15) is 18.1 Å². The Bertz CT molecular complexity index is 784. The summed E-state index contributed by atoms with van der Waals surface area (Å²) < 4.78 is 12.2. The van der Waals surface area contributed by atoms with Crippen molar-refractivity contribution in [3.63, 3.8) is 0 Å². The molecule has 228 valence electrons. The maximum Gasteiger partial charge on any atom is 0.315 e. The van der Waals surface area contributed by atoms with Gasteiger partial charge in [0, 0.05) is 0 Å². The van der Waals surface area contributed by atoms with Crippen molar-refractivity contribution in [2.75, 3.05) is 6.61 Å². The van der Waals surface area contributed by atoms with E-state index in [2.05, 4.69) is 13.8 Å². The zero-order valence-corrected chi connectivity index (χ0v) is 26.0. The van der Waals surface area contributed by atoms with Gasteiger partial charge in [0.05, 0.1) is 5.92 Å². The summed E-state index contributed by atoms with van der Waals surface area (Å²) in [6.45, 7) is 4.97. The van der Waals surface area contributed by atoms with Gasteiger partial charge in [0.2, 0.25) is 0 Å². The average Bonchev–Trinajstić information content (AvgIpc) is 3.01. The minimum atomic E-state index is -0.612. The molecule has 0 aromatic rings. The van der Waals surface area contributed by atoms with Crippen molar-refractivity contribution in [2.24, 2.45) is 46.8 Å². The van der Waals surface area contributed by atoms with E-state index in [0.29, 0.717) is 0 Å². The summed E-state index contributed by atoms with van der Waals surface area (Å²) in [7, 11) is 0. The summed E-state index contributed by atoms with van der Waals surface area (Å²) in [5, 5.41) is 0. The van der Waals surface area contributed by atoms with Gasteiger partial charge < -0.3 is 9.47 Å². The summed E-state index contributed by atoms with van der Waals surface area (Å²) in [4.78, 5) is 26.8. The van der Waals surface area contributed by atoms with Crippen molar-refractivity contribution in [3.8, 4) is 0 Å². The molecule has 0 N–H and O–H groups in total. The predicted molar refractivity (Wildman–Crippen MR) is 161 cm³/mol. The second-order valence-electron chi connectivity index (χ2n) is 15.2. The van der Waals surface area contributed by atoms with Crippen molar-refractivity contribution >= 4 is 11.9 Å². The first-order valence-electron chi connectivity index (χ1n) is 17.8. The van der Waals surface area contributed by atoms with Gasteiger partial charge in [-0.25, -0.2) is 0 Å². The number of esters is 2. The molecule has 0 atom stereocenters. The molecule has 4 heteroatoms. The Morgan fingerprint density at radius 1 is 0.650 bits per heavy atom. The van der Waals surface area contributed by atoms with Gasteiger partial charge in [0.15, 0.2) is 0 Å². The molecule has 5 saturated carbocycles. The van der Waals surface area contributed by atoms with Crippen LogP contribution in [0.2, 0.25) is 0 Å². The summed E-state index contributed by atoms with van der Waals surface area (Å²) in [5.74, 6) is 5.16. The Kier molecular flexibility index (Phi) is 11.0. The molecule has 0 saturated heterocycles. The highest BCUT2D eigenvalue weighted by atomic mass is 16.6.